The van der Waals surface area contributed by atoms with Gasteiger partial charge in [-0.15, -0.1) is 5.10 Å². The number of fused-ring (bicyclic) bond motifs is 1. The van der Waals surface area contributed by atoms with Gasteiger partial charge < -0.3 is 4.74 Å². The molecule has 1 aromatic heterocycles. The Hall–Kier alpha value is -0.940. The lowest BCUT2D eigenvalue weighted by atomic mass is 10.1. The van der Waals surface area contributed by atoms with E-state index in [2.05, 4.69) is 32.3 Å². The van der Waals surface area contributed by atoms with Crippen LogP contribution >= 0.6 is 15.9 Å². The fourth-order valence-electron chi connectivity index (χ4n) is 2.13. The molecular weight excluding hydrogens is 270 g/mol. The first kappa shape index (κ1) is 10.2. The Balaban J connectivity index is 2.06. The van der Waals surface area contributed by atoms with Crippen LogP contribution in [0.1, 0.15) is 18.9 Å². The van der Waals surface area contributed by atoms with E-state index in [0.717, 1.165) is 41.6 Å². The van der Waals surface area contributed by atoms with Gasteiger partial charge in [0.05, 0.1) is 11.6 Å². The van der Waals surface area contributed by atoms with Crippen molar-refractivity contribution < 1.29 is 4.74 Å². The molecule has 1 saturated heterocycles. The van der Waals surface area contributed by atoms with Crippen molar-refractivity contribution in [3.05, 3.63) is 22.7 Å². The van der Waals surface area contributed by atoms with E-state index >= 15 is 0 Å². The molecule has 84 valence electrons. The predicted molar refractivity (Wildman–Crippen MR) is 64.3 cm³/mol. The summed E-state index contributed by atoms with van der Waals surface area (Å²) in [4.78, 5) is 0. The van der Waals surface area contributed by atoms with Crippen molar-refractivity contribution >= 4 is 27.0 Å². The van der Waals surface area contributed by atoms with E-state index in [1.54, 1.807) is 0 Å². The van der Waals surface area contributed by atoms with Gasteiger partial charge in [-0.05, 0) is 40.9 Å². The number of hydrogen-bond donors (Lipinski definition) is 0. The molecule has 2 aromatic rings. The molecule has 0 aliphatic carbocycles. The molecule has 0 unspecified atom stereocenters. The van der Waals surface area contributed by atoms with Crippen LogP contribution in [0, 0.1) is 0 Å². The molecule has 1 aliphatic heterocycles. The summed E-state index contributed by atoms with van der Waals surface area (Å²) in [5.41, 5.74) is 2.04. The molecule has 0 atom stereocenters. The average Bonchev–Trinajstić information content (AvgIpc) is 2.75. The second-order valence-electron chi connectivity index (χ2n) is 3.99. The Kier molecular flexibility index (Phi) is 2.65. The van der Waals surface area contributed by atoms with Crippen molar-refractivity contribution in [3.63, 3.8) is 0 Å². The predicted octanol–water partition coefficient (Wildman–Crippen LogP) is 2.55. The highest BCUT2D eigenvalue weighted by molar-refractivity contribution is 9.10. The van der Waals surface area contributed by atoms with E-state index in [4.69, 9.17) is 4.74 Å². The highest BCUT2D eigenvalue weighted by atomic mass is 79.9. The second-order valence-corrected chi connectivity index (χ2v) is 4.84. The average molecular weight is 282 g/mol. The maximum Gasteiger partial charge on any atom is 0.127 e. The molecule has 5 heteroatoms. The van der Waals surface area contributed by atoms with Crippen LogP contribution in [0.2, 0.25) is 0 Å². The van der Waals surface area contributed by atoms with Crippen molar-refractivity contribution in [2.75, 3.05) is 13.2 Å². The molecule has 1 fully saturated rings. The van der Waals surface area contributed by atoms with Crippen molar-refractivity contribution in [3.8, 4) is 0 Å². The van der Waals surface area contributed by atoms with Gasteiger partial charge in [0.25, 0.3) is 0 Å². The third-order valence-electron chi connectivity index (χ3n) is 2.99. The van der Waals surface area contributed by atoms with Crippen LogP contribution in [0.4, 0.5) is 0 Å². The number of rotatable bonds is 1. The lowest BCUT2D eigenvalue weighted by Crippen LogP contribution is -2.20. The Bertz CT molecular complexity index is 505. The maximum atomic E-state index is 5.36. The first-order valence-electron chi connectivity index (χ1n) is 5.43. The number of nitrogens with zero attached hydrogens (tertiary/aromatic N) is 3. The normalized spacial score (nSPS) is 18.1. The summed E-state index contributed by atoms with van der Waals surface area (Å²) in [6.45, 7) is 1.64. The number of halogens is 1. The number of ether oxygens (including phenoxy) is 1. The van der Waals surface area contributed by atoms with Crippen LogP contribution in [0.15, 0.2) is 22.7 Å². The van der Waals surface area contributed by atoms with Gasteiger partial charge in [-0.1, -0.05) is 11.3 Å². The first-order valence-corrected chi connectivity index (χ1v) is 6.23. The second kappa shape index (κ2) is 4.14. The highest BCUT2D eigenvalue weighted by Crippen LogP contribution is 2.27. The molecule has 4 nitrogen and oxygen atoms in total. The van der Waals surface area contributed by atoms with Gasteiger partial charge in [-0.25, -0.2) is 4.68 Å². The van der Waals surface area contributed by atoms with Crippen molar-refractivity contribution in [2.24, 2.45) is 0 Å². The van der Waals surface area contributed by atoms with Crippen molar-refractivity contribution in [1.82, 2.24) is 15.0 Å². The molecule has 16 heavy (non-hydrogen) atoms. The highest BCUT2D eigenvalue weighted by Gasteiger charge is 2.19. The summed E-state index contributed by atoms with van der Waals surface area (Å²) in [7, 11) is 0. The van der Waals surface area contributed by atoms with Crippen molar-refractivity contribution in [2.45, 2.75) is 18.9 Å². The van der Waals surface area contributed by atoms with E-state index in [0.29, 0.717) is 6.04 Å². The Morgan fingerprint density at radius 2 is 2.12 bits per heavy atom. The molecule has 3 rings (SSSR count). The summed E-state index contributed by atoms with van der Waals surface area (Å²) in [6, 6.07) is 6.50. The van der Waals surface area contributed by atoms with Gasteiger partial charge >= 0.3 is 0 Å². The van der Waals surface area contributed by atoms with Gasteiger partial charge in [0.15, 0.2) is 0 Å². The van der Waals surface area contributed by atoms with Crippen LogP contribution in [0.5, 0.6) is 0 Å². The number of aromatic nitrogens is 3. The lowest BCUT2D eigenvalue weighted by Gasteiger charge is -2.22. The fraction of sp³-hybridized carbons (Fsp3) is 0.455. The number of hydrogen-bond acceptors (Lipinski definition) is 3. The molecule has 2 heterocycles. The van der Waals surface area contributed by atoms with Crippen LogP contribution in [0.3, 0.4) is 0 Å². The standard InChI is InChI=1S/C11H12BrN3O/c12-9-2-1-3-10-11(9)13-14-15(10)8-4-6-16-7-5-8/h1-3,8H,4-7H2. The molecule has 0 N–H and O–H groups in total. The molecule has 0 bridgehead atoms. The van der Waals surface area contributed by atoms with Gasteiger partial charge in [0, 0.05) is 17.7 Å². The SMILES string of the molecule is Brc1cccc2c1nnn2C1CCOCC1. The van der Waals surface area contributed by atoms with Crippen molar-refractivity contribution in [1.29, 1.82) is 0 Å². The van der Waals surface area contributed by atoms with E-state index in [1.165, 1.54) is 0 Å². The molecule has 1 aromatic carbocycles. The molecule has 1 aliphatic rings. The fourth-order valence-corrected chi connectivity index (χ4v) is 2.56. The summed E-state index contributed by atoms with van der Waals surface area (Å²) in [6.07, 6.45) is 2.04. The molecule has 0 saturated carbocycles. The third kappa shape index (κ3) is 1.64. The smallest absolute Gasteiger partial charge is 0.127 e. The molecular formula is C11H12BrN3O. The quantitative estimate of drug-likeness (QED) is 0.807. The van der Waals surface area contributed by atoms with E-state index < -0.39 is 0 Å². The maximum absolute atomic E-state index is 5.36. The minimum absolute atomic E-state index is 0.424. The Morgan fingerprint density at radius 3 is 2.94 bits per heavy atom. The first-order chi connectivity index (χ1) is 7.86. The zero-order chi connectivity index (χ0) is 11.0. The van der Waals surface area contributed by atoms with Crippen LogP contribution in [-0.4, -0.2) is 28.2 Å². The van der Waals surface area contributed by atoms with Crippen LogP contribution in [0.25, 0.3) is 11.0 Å². The van der Waals surface area contributed by atoms with Crippen LogP contribution in [-0.2, 0) is 4.74 Å². The molecule has 0 amide bonds. The zero-order valence-corrected chi connectivity index (χ0v) is 10.4. The minimum Gasteiger partial charge on any atom is -0.381 e. The largest absolute Gasteiger partial charge is 0.381 e. The van der Waals surface area contributed by atoms with E-state index in [1.807, 2.05) is 16.8 Å². The van der Waals surface area contributed by atoms with Crippen LogP contribution < -0.4 is 0 Å². The lowest BCUT2D eigenvalue weighted by molar-refractivity contribution is 0.0669. The summed E-state index contributed by atoms with van der Waals surface area (Å²) >= 11 is 3.49. The minimum atomic E-state index is 0.424. The Labute approximate surface area is 102 Å². The molecule has 0 spiro atoms. The number of benzene rings is 1. The van der Waals surface area contributed by atoms with Gasteiger partial charge in [0.1, 0.15) is 5.52 Å². The van der Waals surface area contributed by atoms with E-state index in [9.17, 15) is 0 Å². The van der Waals surface area contributed by atoms with Gasteiger partial charge in [-0.3, -0.25) is 0 Å². The Morgan fingerprint density at radius 1 is 1.31 bits per heavy atom. The topological polar surface area (TPSA) is 39.9 Å². The van der Waals surface area contributed by atoms with E-state index in [-0.39, 0.29) is 0 Å². The summed E-state index contributed by atoms with van der Waals surface area (Å²) in [5.74, 6) is 0. The zero-order valence-electron chi connectivity index (χ0n) is 8.77. The van der Waals surface area contributed by atoms with Gasteiger partial charge in [0.2, 0.25) is 0 Å². The van der Waals surface area contributed by atoms with Gasteiger partial charge in [-0.2, -0.15) is 0 Å². The summed E-state index contributed by atoms with van der Waals surface area (Å²) in [5, 5.41) is 8.48. The third-order valence-corrected chi connectivity index (χ3v) is 3.63. The molecule has 0 radical (unpaired) electrons. The monoisotopic (exact) mass is 281 g/mol. The summed E-state index contributed by atoms with van der Waals surface area (Å²) < 4.78 is 8.40.